The number of carboxylic acid groups (broad SMARTS) is 1. The molecule has 2 unspecified atom stereocenters. The monoisotopic (exact) mass is 276 g/mol. The van der Waals surface area contributed by atoms with Crippen molar-refractivity contribution in [2.75, 3.05) is 11.9 Å². The molecular formula is C16H24N2O2. The number of para-hydroxylation sites is 1. The van der Waals surface area contributed by atoms with E-state index in [0.717, 1.165) is 13.0 Å². The molecule has 0 saturated carbocycles. The third-order valence-electron chi connectivity index (χ3n) is 3.86. The van der Waals surface area contributed by atoms with Crippen LogP contribution in [0.5, 0.6) is 0 Å². The summed E-state index contributed by atoms with van der Waals surface area (Å²) in [6, 6.07) is 7.89. The van der Waals surface area contributed by atoms with E-state index in [4.69, 9.17) is 0 Å². The third kappa shape index (κ3) is 4.23. The van der Waals surface area contributed by atoms with Crippen molar-refractivity contribution >= 4 is 11.7 Å². The van der Waals surface area contributed by atoms with Crippen LogP contribution in [0.25, 0.3) is 0 Å². The summed E-state index contributed by atoms with van der Waals surface area (Å²) in [4.78, 5) is 11.2. The number of aromatic carboxylic acids is 1. The summed E-state index contributed by atoms with van der Waals surface area (Å²) in [6.45, 7) is 3.22. The van der Waals surface area contributed by atoms with Crippen molar-refractivity contribution in [2.45, 2.75) is 51.1 Å². The highest BCUT2D eigenvalue weighted by atomic mass is 16.4. The predicted molar refractivity (Wildman–Crippen MR) is 81.4 cm³/mol. The molecule has 0 bridgehead atoms. The topological polar surface area (TPSA) is 61.4 Å². The number of rotatable bonds is 5. The highest BCUT2D eigenvalue weighted by Gasteiger charge is 2.16. The lowest BCUT2D eigenvalue weighted by Gasteiger charge is -2.23. The van der Waals surface area contributed by atoms with E-state index in [-0.39, 0.29) is 6.04 Å². The Balaban J connectivity index is 1.93. The summed E-state index contributed by atoms with van der Waals surface area (Å²) >= 11 is 0. The Labute approximate surface area is 120 Å². The first-order valence-corrected chi connectivity index (χ1v) is 7.49. The zero-order valence-corrected chi connectivity index (χ0v) is 12.1. The summed E-state index contributed by atoms with van der Waals surface area (Å²) in [5.74, 6) is -0.882. The van der Waals surface area contributed by atoms with Crippen LogP contribution in [0.2, 0.25) is 0 Å². The average molecular weight is 276 g/mol. The maximum Gasteiger partial charge on any atom is 0.337 e. The molecule has 1 aromatic rings. The fraction of sp³-hybridized carbons (Fsp3) is 0.562. The molecular weight excluding hydrogens is 252 g/mol. The normalized spacial score (nSPS) is 20.9. The molecule has 110 valence electrons. The number of carbonyl (C=O) groups is 1. The van der Waals surface area contributed by atoms with Gasteiger partial charge in [0.1, 0.15) is 0 Å². The third-order valence-corrected chi connectivity index (χ3v) is 3.86. The lowest BCUT2D eigenvalue weighted by Crippen LogP contribution is -2.33. The first-order chi connectivity index (χ1) is 9.66. The molecule has 1 heterocycles. The highest BCUT2D eigenvalue weighted by Crippen LogP contribution is 2.19. The Morgan fingerprint density at radius 3 is 3.00 bits per heavy atom. The maximum atomic E-state index is 11.2. The standard InChI is InChI=1S/C16H24N2O2/c1-12(11-13-7-3-2-6-10-17-13)18-15-9-5-4-8-14(15)16(19)20/h4-5,8-9,12-13,17-18H,2-3,6-7,10-11H2,1H3,(H,19,20). The molecule has 2 atom stereocenters. The number of anilines is 1. The Hall–Kier alpha value is -1.55. The van der Waals surface area contributed by atoms with Crippen molar-refractivity contribution in [2.24, 2.45) is 0 Å². The Bertz CT molecular complexity index is 440. The van der Waals surface area contributed by atoms with Gasteiger partial charge in [0.15, 0.2) is 0 Å². The quantitative estimate of drug-likeness (QED) is 0.773. The molecule has 0 aliphatic carbocycles. The minimum atomic E-state index is -0.882. The van der Waals surface area contributed by atoms with E-state index in [1.54, 1.807) is 12.1 Å². The van der Waals surface area contributed by atoms with Gasteiger partial charge in [-0.05, 0) is 44.9 Å². The van der Waals surface area contributed by atoms with Gasteiger partial charge in [-0.15, -0.1) is 0 Å². The van der Waals surface area contributed by atoms with Crippen molar-refractivity contribution in [3.05, 3.63) is 29.8 Å². The minimum Gasteiger partial charge on any atom is -0.478 e. The van der Waals surface area contributed by atoms with E-state index >= 15 is 0 Å². The number of hydrogen-bond donors (Lipinski definition) is 3. The second-order valence-electron chi connectivity index (χ2n) is 5.63. The largest absolute Gasteiger partial charge is 0.478 e. The molecule has 0 radical (unpaired) electrons. The summed E-state index contributed by atoms with van der Waals surface area (Å²) in [5.41, 5.74) is 1.05. The van der Waals surface area contributed by atoms with Gasteiger partial charge in [-0.3, -0.25) is 0 Å². The van der Waals surface area contributed by atoms with Crippen LogP contribution in [0.15, 0.2) is 24.3 Å². The number of nitrogens with one attached hydrogen (secondary N) is 2. The highest BCUT2D eigenvalue weighted by molar-refractivity contribution is 5.94. The molecule has 1 aliphatic heterocycles. The van der Waals surface area contributed by atoms with Crippen LogP contribution in [0.3, 0.4) is 0 Å². The molecule has 4 heteroatoms. The Kier molecular flexibility index (Phi) is 5.41. The van der Waals surface area contributed by atoms with Gasteiger partial charge >= 0.3 is 5.97 Å². The molecule has 2 rings (SSSR count). The Morgan fingerprint density at radius 1 is 1.40 bits per heavy atom. The van der Waals surface area contributed by atoms with E-state index in [9.17, 15) is 9.90 Å². The number of carboxylic acids is 1. The van der Waals surface area contributed by atoms with E-state index in [0.29, 0.717) is 17.3 Å². The van der Waals surface area contributed by atoms with Crippen molar-refractivity contribution in [3.63, 3.8) is 0 Å². The van der Waals surface area contributed by atoms with E-state index in [2.05, 4.69) is 17.6 Å². The number of hydrogen-bond acceptors (Lipinski definition) is 3. The second-order valence-corrected chi connectivity index (χ2v) is 5.63. The van der Waals surface area contributed by atoms with Crippen molar-refractivity contribution in [1.29, 1.82) is 0 Å². The second kappa shape index (κ2) is 7.29. The van der Waals surface area contributed by atoms with Crippen LogP contribution >= 0.6 is 0 Å². The summed E-state index contributed by atoms with van der Waals surface area (Å²) in [5, 5.41) is 16.1. The smallest absolute Gasteiger partial charge is 0.337 e. The lowest BCUT2D eigenvalue weighted by molar-refractivity contribution is 0.0698. The zero-order chi connectivity index (χ0) is 14.4. The molecule has 1 fully saturated rings. The van der Waals surface area contributed by atoms with Crippen molar-refractivity contribution in [3.8, 4) is 0 Å². The first-order valence-electron chi connectivity index (χ1n) is 7.49. The molecule has 0 aromatic heterocycles. The fourth-order valence-corrected chi connectivity index (χ4v) is 2.85. The van der Waals surface area contributed by atoms with E-state index in [1.807, 2.05) is 12.1 Å². The first kappa shape index (κ1) is 14.9. The van der Waals surface area contributed by atoms with Gasteiger partial charge in [-0.1, -0.05) is 25.0 Å². The SMILES string of the molecule is CC(CC1CCCCCN1)Nc1ccccc1C(=O)O. The predicted octanol–water partition coefficient (Wildman–Crippen LogP) is 3.11. The molecule has 0 spiro atoms. The molecule has 1 aromatic carbocycles. The van der Waals surface area contributed by atoms with Crippen molar-refractivity contribution in [1.82, 2.24) is 5.32 Å². The van der Waals surface area contributed by atoms with E-state index in [1.165, 1.54) is 25.7 Å². The fourth-order valence-electron chi connectivity index (χ4n) is 2.85. The van der Waals surface area contributed by atoms with Gasteiger partial charge in [0.05, 0.1) is 5.56 Å². The average Bonchev–Trinajstić information content (AvgIpc) is 2.67. The van der Waals surface area contributed by atoms with Gasteiger partial charge in [0.25, 0.3) is 0 Å². The summed E-state index contributed by atoms with van der Waals surface area (Å²) < 4.78 is 0. The molecule has 4 nitrogen and oxygen atoms in total. The van der Waals surface area contributed by atoms with Gasteiger partial charge in [0, 0.05) is 17.8 Å². The van der Waals surface area contributed by atoms with Crippen LogP contribution in [0, 0.1) is 0 Å². The van der Waals surface area contributed by atoms with Crippen LogP contribution in [-0.2, 0) is 0 Å². The lowest BCUT2D eigenvalue weighted by atomic mass is 10.0. The molecule has 1 aliphatic rings. The maximum absolute atomic E-state index is 11.2. The molecule has 1 saturated heterocycles. The van der Waals surface area contributed by atoms with Crippen LogP contribution in [0.4, 0.5) is 5.69 Å². The van der Waals surface area contributed by atoms with Crippen LogP contribution in [0.1, 0.15) is 49.4 Å². The minimum absolute atomic E-state index is 0.256. The summed E-state index contributed by atoms with van der Waals surface area (Å²) in [7, 11) is 0. The van der Waals surface area contributed by atoms with Gasteiger partial charge < -0.3 is 15.7 Å². The Morgan fingerprint density at radius 2 is 2.20 bits per heavy atom. The number of benzene rings is 1. The van der Waals surface area contributed by atoms with Gasteiger partial charge in [-0.2, -0.15) is 0 Å². The van der Waals surface area contributed by atoms with E-state index < -0.39 is 5.97 Å². The molecule has 3 N–H and O–H groups in total. The van der Waals surface area contributed by atoms with Crippen LogP contribution < -0.4 is 10.6 Å². The van der Waals surface area contributed by atoms with Crippen LogP contribution in [-0.4, -0.2) is 29.7 Å². The van der Waals surface area contributed by atoms with Crippen molar-refractivity contribution < 1.29 is 9.90 Å². The zero-order valence-electron chi connectivity index (χ0n) is 12.1. The summed E-state index contributed by atoms with van der Waals surface area (Å²) in [6.07, 6.45) is 6.10. The van der Waals surface area contributed by atoms with Gasteiger partial charge in [-0.25, -0.2) is 4.79 Å². The van der Waals surface area contributed by atoms with Gasteiger partial charge in [0.2, 0.25) is 0 Å². The molecule has 20 heavy (non-hydrogen) atoms. The molecule has 0 amide bonds.